The van der Waals surface area contributed by atoms with Crippen LogP contribution in [0.15, 0.2) is 95.4 Å². The molecule has 43 heavy (non-hydrogen) atoms. The molecule has 0 spiro atoms. The van der Waals surface area contributed by atoms with Crippen molar-refractivity contribution in [3.05, 3.63) is 113 Å². The lowest BCUT2D eigenvalue weighted by molar-refractivity contribution is 0.0702. The van der Waals surface area contributed by atoms with E-state index in [1.165, 1.54) is 11.3 Å². The van der Waals surface area contributed by atoms with Crippen molar-refractivity contribution >= 4 is 38.4 Å². The summed E-state index contributed by atoms with van der Waals surface area (Å²) in [5, 5.41) is 10.9. The molecule has 7 nitrogen and oxygen atoms in total. The van der Waals surface area contributed by atoms with E-state index in [0.29, 0.717) is 23.1 Å². The Morgan fingerprint density at radius 3 is 2.51 bits per heavy atom. The van der Waals surface area contributed by atoms with Gasteiger partial charge in [0.1, 0.15) is 16.3 Å². The fourth-order valence-electron chi connectivity index (χ4n) is 5.69. The predicted molar refractivity (Wildman–Crippen MR) is 170 cm³/mol. The third kappa shape index (κ3) is 4.75. The predicted octanol–water partition coefficient (Wildman–Crippen LogP) is 8.61. The van der Waals surface area contributed by atoms with Crippen molar-refractivity contribution in [2.24, 2.45) is 0 Å². The first-order valence-electron chi connectivity index (χ1n) is 13.8. The lowest BCUT2D eigenvalue weighted by atomic mass is 9.99. The van der Waals surface area contributed by atoms with Crippen molar-refractivity contribution in [3.63, 3.8) is 0 Å². The Labute approximate surface area is 251 Å². The second-order valence-corrected chi connectivity index (χ2v) is 11.5. The molecule has 212 valence electrons. The van der Waals surface area contributed by atoms with E-state index < -0.39 is 5.97 Å². The first-order valence-corrected chi connectivity index (χ1v) is 14.6. The molecule has 0 unspecified atom stereocenters. The van der Waals surface area contributed by atoms with Crippen LogP contribution in [0.4, 0.5) is 0 Å². The Hall–Kier alpha value is -5.21. The van der Waals surface area contributed by atoms with Gasteiger partial charge in [0, 0.05) is 24.4 Å². The maximum Gasteiger partial charge on any atom is 0.345 e. The Morgan fingerprint density at radius 2 is 1.77 bits per heavy atom. The minimum absolute atomic E-state index is 0.307. The van der Waals surface area contributed by atoms with E-state index in [1.54, 1.807) is 13.2 Å². The maximum absolute atomic E-state index is 12.1. The average Bonchev–Trinajstić information content (AvgIpc) is 3.69. The number of oxazole rings is 1. The lowest BCUT2D eigenvalue weighted by Gasteiger charge is -2.15. The van der Waals surface area contributed by atoms with Crippen LogP contribution in [0.2, 0.25) is 0 Å². The molecule has 1 N–H and O–H groups in total. The summed E-state index contributed by atoms with van der Waals surface area (Å²) in [6.07, 6.45) is 0. The van der Waals surface area contributed by atoms with Gasteiger partial charge in [0.05, 0.1) is 34.2 Å². The van der Waals surface area contributed by atoms with Crippen molar-refractivity contribution in [2.75, 3.05) is 7.11 Å². The summed E-state index contributed by atoms with van der Waals surface area (Å²) in [5.41, 5.74) is 8.38. The molecule has 0 aliphatic carbocycles. The van der Waals surface area contributed by atoms with Gasteiger partial charge in [-0.2, -0.15) is 0 Å². The molecule has 0 fully saturated rings. The first-order chi connectivity index (χ1) is 20.9. The van der Waals surface area contributed by atoms with Crippen LogP contribution in [-0.2, 0) is 6.54 Å². The summed E-state index contributed by atoms with van der Waals surface area (Å²) in [6, 6.07) is 30.2. The van der Waals surface area contributed by atoms with E-state index in [-0.39, 0.29) is 0 Å². The molecule has 0 atom stereocenters. The molecule has 0 bridgehead atoms. The van der Waals surface area contributed by atoms with Gasteiger partial charge in [-0.05, 0) is 60.0 Å². The van der Waals surface area contributed by atoms with Gasteiger partial charge in [-0.15, -0.1) is 11.3 Å². The number of methoxy groups -OCH3 is 1. The molecule has 0 saturated heterocycles. The highest BCUT2D eigenvalue weighted by atomic mass is 32.1. The summed E-state index contributed by atoms with van der Waals surface area (Å²) >= 11 is 1.31. The van der Waals surface area contributed by atoms with Gasteiger partial charge >= 0.3 is 5.97 Å². The van der Waals surface area contributed by atoms with Gasteiger partial charge in [-0.3, -0.25) is 0 Å². The number of rotatable bonds is 7. The number of fused-ring (bicyclic) bond motifs is 2. The van der Waals surface area contributed by atoms with Gasteiger partial charge in [-0.1, -0.05) is 54.6 Å². The summed E-state index contributed by atoms with van der Waals surface area (Å²) in [4.78, 5) is 21.7. The molecule has 0 radical (unpaired) electrons. The number of aromatic nitrogens is 3. The molecule has 3 aromatic carbocycles. The Morgan fingerprint density at radius 1 is 0.930 bits per heavy atom. The number of aryl methyl sites for hydroxylation is 2. The smallest absolute Gasteiger partial charge is 0.345 e. The zero-order valence-electron chi connectivity index (χ0n) is 23.8. The maximum atomic E-state index is 12.1. The zero-order chi connectivity index (χ0) is 29.7. The fourth-order valence-corrected chi connectivity index (χ4v) is 6.76. The van der Waals surface area contributed by atoms with Crippen LogP contribution >= 0.6 is 11.3 Å². The summed E-state index contributed by atoms with van der Waals surface area (Å²) in [5.74, 6) is 1.13. The van der Waals surface area contributed by atoms with Crippen molar-refractivity contribution in [1.29, 1.82) is 0 Å². The number of ether oxygens (including phenoxy) is 1. The molecule has 7 rings (SSSR count). The number of carboxylic acids is 1. The van der Waals surface area contributed by atoms with Crippen LogP contribution in [0.5, 0.6) is 5.75 Å². The highest BCUT2D eigenvalue weighted by Crippen LogP contribution is 2.45. The van der Waals surface area contributed by atoms with E-state index >= 15 is 0 Å². The topological polar surface area (TPSA) is 90.4 Å². The number of aromatic carboxylic acids is 1. The summed E-state index contributed by atoms with van der Waals surface area (Å²) < 4.78 is 14.5. The quantitative estimate of drug-likeness (QED) is 0.201. The van der Waals surface area contributed by atoms with Crippen LogP contribution in [0.3, 0.4) is 0 Å². The SMILES string of the molecule is COc1cccc(Cn2c(-c3ccc4nc(-c5oc(C)nc5C)ccc4c3)c(-c3ccccc3)c3sc(C(=O)O)cc32)c1. The molecule has 7 aromatic rings. The summed E-state index contributed by atoms with van der Waals surface area (Å²) in [6.45, 7) is 4.29. The third-order valence-corrected chi connectivity index (χ3v) is 8.71. The van der Waals surface area contributed by atoms with Gasteiger partial charge in [0.2, 0.25) is 0 Å². The molecule has 4 heterocycles. The lowest BCUT2D eigenvalue weighted by Crippen LogP contribution is -2.03. The van der Waals surface area contributed by atoms with Crippen molar-refractivity contribution in [2.45, 2.75) is 20.4 Å². The van der Waals surface area contributed by atoms with E-state index in [0.717, 1.165) is 66.2 Å². The number of thiophene rings is 1. The van der Waals surface area contributed by atoms with Crippen LogP contribution in [-0.4, -0.2) is 32.7 Å². The van der Waals surface area contributed by atoms with Crippen LogP contribution in [0, 0.1) is 13.8 Å². The Balaban J connectivity index is 1.46. The number of nitrogens with zero attached hydrogens (tertiary/aromatic N) is 3. The van der Waals surface area contributed by atoms with Gasteiger partial charge in [0.25, 0.3) is 0 Å². The third-order valence-electron chi connectivity index (χ3n) is 7.58. The monoisotopic (exact) mass is 585 g/mol. The molecule has 0 aliphatic rings. The number of carbonyl (C=O) groups is 1. The van der Waals surface area contributed by atoms with Gasteiger partial charge < -0.3 is 18.8 Å². The minimum atomic E-state index is -0.931. The van der Waals surface area contributed by atoms with Crippen molar-refractivity contribution in [3.8, 4) is 39.6 Å². The molecule has 0 saturated carbocycles. The van der Waals surface area contributed by atoms with Gasteiger partial charge in [0.15, 0.2) is 11.7 Å². The van der Waals surface area contributed by atoms with Crippen LogP contribution < -0.4 is 4.74 Å². The Bertz CT molecular complexity index is 2160. The Kier molecular flexibility index (Phi) is 6.55. The number of hydrogen-bond donors (Lipinski definition) is 1. The van der Waals surface area contributed by atoms with Crippen molar-refractivity contribution in [1.82, 2.24) is 14.5 Å². The zero-order valence-corrected chi connectivity index (χ0v) is 24.6. The van der Waals surface area contributed by atoms with E-state index in [4.69, 9.17) is 14.1 Å². The second kappa shape index (κ2) is 10.6. The molecular weight excluding hydrogens is 558 g/mol. The number of pyridine rings is 1. The molecular formula is C35H27N3O4S. The van der Waals surface area contributed by atoms with E-state index in [2.05, 4.69) is 45.9 Å². The van der Waals surface area contributed by atoms with Gasteiger partial charge in [-0.25, -0.2) is 14.8 Å². The summed E-state index contributed by atoms with van der Waals surface area (Å²) in [7, 11) is 1.66. The highest BCUT2D eigenvalue weighted by molar-refractivity contribution is 7.21. The fraction of sp³-hybridized carbons (Fsp3) is 0.114. The normalized spacial score (nSPS) is 11.4. The van der Waals surface area contributed by atoms with E-state index in [1.807, 2.05) is 62.4 Å². The molecule has 0 aliphatic heterocycles. The second-order valence-electron chi connectivity index (χ2n) is 10.4. The van der Waals surface area contributed by atoms with Crippen LogP contribution in [0.25, 0.3) is 55.0 Å². The molecule has 4 aromatic heterocycles. The molecule has 0 amide bonds. The van der Waals surface area contributed by atoms with Crippen molar-refractivity contribution < 1.29 is 19.1 Å². The molecule has 8 heteroatoms. The van der Waals surface area contributed by atoms with Crippen LogP contribution in [0.1, 0.15) is 26.8 Å². The number of benzene rings is 3. The largest absolute Gasteiger partial charge is 0.497 e. The highest BCUT2D eigenvalue weighted by Gasteiger charge is 2.25. The number of carboxylic acid groups (broad SMARTS) is 1. The average molecular weight is 586 g/mol. The first kappa shape index (κ1) is 26.7. The number of hydrogen-bond acceptors (Lipinski definition) is 6. The minimum Gasteiger partial charge on any atom is -0.497 e. The standard InChI is InChI=1S/C35H27N3O4S/c1-20-33(42-21(2)36-20)28-15-12-24-17-25(13-14-27(24)37-28)32-31(23-9-5-4-6-10-23)34-29(18-30(43-34)35(39)40)38(32)19-22-8-7-11-26(16-22)41-3/h4-18H,19H2,1-3H3,(H,39,40). The van der Waals surface area contributed by atoms with E-state index in [9.17, 15) is 9.90 Å².